The lowest BCUT2D eigenvalue weighted by atomic mass is 10.1. The average Bonchev–Trinajstić information content (AvgIpc) is 3.06. The Bertz CT molecular complexity index is 927. The Labute approximate surface area is 197 Å². The van der Waals surface area contributed by atoms with E-state index in [-0.39, 0.29) is 31.1 Å². The number of esters is 1. The number of anilines is 1. The number of rotatable bonds is 8. The van der Waals surface area contributed by atoms with Crippen LogP contribution in [0.15, 0.2) is 42.5 Å². The highest BCUT2D eigenvalue weighted by atomic mass is 16.5. The SMILES string of the molecule is COc1cc(C)c(NC(=O)C(C)[N+]2(CC(=O)OCc3ccccc3)CCCCCC2)c(C)c1. The Morgan fingerprint density at radius 2 is 1.61 bits per heavy atom. The first-order valence-electron chi connectivity index (χ1n) is 11.9. The largest absolute Gasteiger partial charge is 0.497 e. The topological polar surface area (TPSA) is 64.6 Å². The molecule has 1 aliphatic heterocycles. The fourth-order valence-electron chi connectivity index (χ4n) is 4.76. The molecule has 1 heterocycles. The molecule has 0 aliphatic carbocycles. The molecule has 1 N–H and O–H groups in total. The molecule has 1 fully saturated rings. The summed E-state index contributed by atoms with van der Waals surface area (Å²) in [6.07, 6.45) is 4.27. The van der Waals surface area contributed by atoms with Gasteiger partial charge in [0.05, 0.1) is 20.2 Å². The summed E-state index contributed by atoms with van der Waals surface area (Å²) in [6.45, 7) is 7.94. The van der Waals surface area contributed by atoms with Crippen LogP contribution in [-0.4, -0.2) is 49.1 Å². The molecule has 2 aromatic rings. The lowest BCUT2D eigenvalue weighted by molar-refractivity contribution is -0.933. The molecule has 2 aromatic carbocycles. The van der Waals surface area contributed by atoms with E-state index in [1.807, 2.05) is 63.2 Å². The van der Waals surface area contributed by atoms with Gasteiger partial charge in [0.15, 0.2) is 12.6 Å². The van der Waals surface area contributed by atoms with Crippen molar-refractivity contribution >= 4 is 17.6 Å². The van der Waals surface area contributed by atoms with Crippen LogP contribution in [0, 0.1) is 13.8 Å². The second-order valence-electron chi connectivity index (χ2n) is 9.19. The summed E-state index contributed by atoms with van der Waals surface area (Å²) >= 11 is 0. The molecule has 0 saturated carbocycles. The van der Waals surface area contributed by atoms with Crippen LogP contribution in [-0.2, 0) is 20.9 Å². The van der Waals surface area contributed by atoms with E-state index in [4.69, 9.17) is 9.47 Å². The van der Waals surface area contributed by atoms with Crippen LogP contribution in [0.25, 0.3) is 0 Å². The van der Waals surface area contributed by atoms with E-state index >= 15 is 0 Å². The number of hydrogen-bond donors (Lipinski definition) is 1. The first-order valence-corrected chi connectivity index (χ1v) is 11.9. The fourth-order valence-corrected chi connectivity index (χ4v) is 4.76. The molecule has 0 bridgehead atoms. The second-order valence-corrected chi connectivity index (χ2v) is 9.19. The van der Waals surface area contributed by atoms with E-state index in [1.165, 1.54) is 0 Å². The summed E-state index contributed by atoms with van der Waals surface area (Å²) in [4.78, 5) is 26.3. The smallest absolute Gasteiger partial charge is 0.362 e. The number of benzene rings is 2. The molecule has 3 rings (SSSR count). The number of nitrogens with one attached hydrogen (secondary N) is 1. The van der Waals surface area contributed by atoms with Gasteiger partial charge in [-0.15, -0.1) is 0 Å². The van der Waals surface area contributed by atoms with Crippen LogP contribution in [0.2, 0.25) is 0 Å². The zero-order valence-electron chi connectivity index (χ0n) is 20.4. The molecule has 1 atom stereocenters. The third-order valence-electron chi connectivity index (χ3n) is 6.83. The molecule has 1 aliphatic rings. The molecule has 178 valence electrons. The minimum atomic E-state index is -0.367. The van der Waals surface area contributed by atoms with Gasteiger partial charge >= 0.3 is 5.97 Å². The monoisotopic (exact) mass is 453 g/mol. The van der Waals surface area contributed by atoms with Crippen molar-refractivity contribution in [2.45, 2.75) is 59.1 Å². The fraction of sp³-hybridized carbons (Fsp3) is 0.481. The van der Waals surface area contributed by atoms with Gasteiger partial charge in [0.2, 0.25) is 0 Å². The third kappa shape index (κ3) is 6.35. The maximum absolute atomic E-state index is 13.4. The second kappa shape index (κ2) is 11.3. The Hall–Kier alpha value is -2.86. The van der Waals surface area contributed by atoms with E-state index in [0.29, 0.717) is 4.48 Å². The molecular weight excluding hydrogens is 416 g/mol. The van der Waals surface area contributed by atoms with Crippen molar-refractivity contribution in [2.75, 3.05) is 32.1 Å². The molecule has 6 nitrogen and oxygen atoms in total. The zero-order valence-corrected chi connectivity index (χ0v) is 20.4. The highest BCUT2D eigenvalue weighted by Gasteiger charge is 2.41. The van der Waals surface area contributed by atoms with Crippen molar-refractivity contribution in [3.05, 3.63) is 59.2 Å². The lowest BCUT2D eigenvalue weighted by Gasteiger charge is -2.41. The molecule has 0 spiro atoms. The molecular formula is C27H37N2O4+. The Morgan fingerprint density at radius 3 is 2.18 bits per heavy atom. The van der Waals surface area contributed by atoms with Crippen LogP contribution < -0.4 is 10.1 Å². The van der Waals surface area contributed by atoms with E-state index in [1.54, 1.807) is 7.11 Å². The first-order chi connectivity index (χ1) is 15.8. The van der Waals surface area contributed by atoms with Crippen LogP contribution in [0.3, 0.4) is 0 Å². The number of carbonyl (C=O) groups excluding carboxylic acids is 2. The van der Waals surface area contributed by atoms with Crippen molar-refractivity contribution in [1.82, 2.24) is 0 Å². The normalized spacial score (nSPS) is 16.4. The van der Waals surface area contributed by atoms with Crippen LogP contribution in [0.5, 0.6) is 5.75 Å². The van der Waals surface area contributed by atoms with Gasteiger partial charge in [-0.3, -0.25) is 4.79 Å². The molecule has 33 heavy (non-hydrogen) atoms. The molecule has 0 radical (unpaired) electrons. The first kappa shape index (κ1) is 24.8. The summed E-state index contributed by atoms with van der Waals surface area (Å²) in [5.41, 5.74) is 3.69. The zero-order chi connectivity index (χ0) is 23.8. The third-order valence-corrected chi connectivity index (χ3v) is 6.83. The van der Waals surface area contributed by atoms with Gasteiger partial charge in [-0.1, -0.05) is 30.3 Å². The molecule has 1 saturated heterocycles. The molecule has 6 heteroatoms. The van der Waals surface area contributed by atoms with Crippen molar-refractivity contribution in [2.24, 2.45) is 0 Å². The maximum atomic E-state index is 13.4. The highest BCUT2D eigenvalue weighted by molar-refractivity contribution is 5.95. The number of nitrogens with zero attached hydrogens (tertiary/aromatic N) is 1. The van der Waals surface area contributed by atoms with Gasteiger partial charge in [0.1, 0.15) is 12.4 Å². The van der Waals surface area contributed by atoms with Crippen LogP contribution in [0.1, 0.15) is 49.3 Å². The lowest BCUT2D eigenvalue weighted by Crippen LogP contribution is -2.61. The van der Waals surface area contributed by atoms with Gasteiger partial charge in [-0.25, -0.2) is 4.79 Å². The van der Waals surface area contributed by atoms with Crippen LogP contribution in [0.4, 0.5) is 5.69 Å². The Kier molecular flexibility index (Phi) is 8.50. The number of hydrogen-bond acceptors (Lipinski definition) is 4. The predicted octanol–water partition coefficient (Wildman–Crippen LogP) is 4.77. The van der Waals surface area contributed by atoms with E-state index < -0.39 is 0 Å². The van der Waals surface area contributed by atoms with Gasteiger partial charge in [-0.05, 0) is 75.3 Å². The Morgan fingerprint density at radius 1 is 1.00 bits per heavy atom. The summed E-state index contributed by atoms with van der Waals surface area (Å²) in [5, 5.41) is 3.14. The standard InChI is InChI=1S/C27H36N2O4/c1-20-16-24(32-4)17-21(2)26(20)28-27(31)22(3)29(14-10-5-6-11-15-29)18-25(30)33-19-23-12-8-7-9-13-23/h7-9,12-13,16-17,22H,5-6,10-11,14-15,18-19H2,1-4H3/p+1. The number of aryl methyl sites for hydroxylation is 2. The molecule has 1 unspecified atom stereocenters. The number of quaternary nitrogens is 1. The van der Waals surface area contributed by atoms with Gasteiger partial charge in [0.25, 0.3) is 5.91 Å². The minimum Gasteiger partial charge on any atom is -0.497 e. The summed E-state index contributed by atoms with van der Waals surface area (Å²) in [7, 11) is 1.64. The van der Waals surface area contributed by atoms with Crippen molar-refractivity contribution < 1.29 is 23.5 Å². The van der Waals surface area contributed by atoms with Crippen molar-refractivity contribution in [3.63, 3.8) is 0 Å². The van der Waals surface area contributed by atoms with E-state index in [9.17, 15) is 9.59 Å². The minimum absolute atomic E-state index is 0.0656. The maximum Gasteiger partial charge on any atom is 0.362 e. The average molecular weight is 454 g/mol. The number of carbonyl (C=O) groups is 2. The number of ether oxygens (including phenoxy) is 2. The summed E-state index contributed by atoms with van der Waals surface area (Å²) in [6, 6.07) is 13.2. The van der Waals surface area contributed by atoms with Crippen molar-refractivity contribution in [3.8, 4) is 5.75 Å². The van der Waals surface area contributed by atoms with Crippen LogP contribution >= 0.6 is 0 Å². The highest BCUT2D eigenvalue weighted by Crippen LogP contribution is 2.28. The number of likely N-dealkylation sites (tertiary alicyclic amines) is 1. The van der Waals surface area contributed by atoms with Gasteiger partial charge in [-0.2, -0.15) is 0 Å². The predicted molar refractivity (Wildman–Crippen MR) is 130 cm³/mol. The van der Waals surface area contributed by atoms with E-state index in [0.717, 1.165) is 66.9 Å². The number of amides is 1. The Balaban J connectivity index is 1.75. The number of methoxy groups -OCH3 is 1. The molecule has 1 amide bonds. The van der Waals surface area contributed by atoms with Crippen molar-refractivity contribution in [1.29, 1.82) is 0 Å². The summed E-state index contributed by atoms with van der Waals surface area (Å²) in [5.74, 6) is 0.453. The quantitative estimate of drug-likeness (QED) is 0.462. The summed E-state index contributed by atoms with van der Waals surface area (Å²) < 4.78 is 11.4. The van der Waals surface area contributed by atoms with Gasteiger partial charge in [0, 0.05) is 5.69 Å². The molecule has 0 aromatic heterocycles. The van der Waals surface area contributed by atoms with E-state index in [2.05, 4.69) is 5.32 Å². The van der Waals surface area contributed by atoms with Gasteiger partial charge < -0.3 is 19.3 Å².